The van der Waals surface area contributed by atoms with Crippen LogP contribution in [-0.4, -0.2) is 12.6 Å². The molecule has 0 saturated heterocycles. The number of anilines is 1. The lowest BCUT2D eigenvalue weighted by Gasteiger charge is -2.30. The van der Waals surface area contributed by atoms with Gasteiger partial charge in [0.15, 0.2) is 0 Å². The SMILES string of the molecule is CCC(C)N(CC)c1ccc(CN)cc1Cl. The van der Waals surface area contributed by atoms with Crippen LogP contribution >= 0.6 is 11.6 Å². The summed E-state index contributed by atoms with van der Waals surface area (Å²) in [5.41, 5.74) is 7.78. The highest BCUT2D eigenvalue weighted by Crippen LogP contribution is 2.28. The zero-order valence-corrected chi connectivity index (χ0v) is 11.1. The molecule has 0 saturated carbocycles. The van der Waals surface area contributed by atoms with E-state index < -0.39 is 0 Å². The van der Waals surface area contributed by atoms with Crippen LogP contribution in [0.4, 0.5) is 5.69 Å². The monoisotopic (exact) mass is 240 g/mol. The molecule has 1 unspecified atom stereocenters. The van der Waals surface area contributed by atoms with Crippen molar-refractivity contribution in [2.24, 2.45) is 5.73 Å². The molecule has 0 aliphatic rings. The molecule has 1 atom stereocenters. The lowest BCUT2D eigenvalue weighted by Crippen LogP contribution is -2.32. The van der Waals surface area contributed by atoms with Crippen LogP contribution in [0.2, 0.25) is 5.02 Å². The number of benzene rings is 1. The highest BCUT2D eigenvalue weighted by Gasteiger charge is 2.13. The van der Waals surface area contributed by atoms with Crippen LogP contribution in [0.5, 0.6) is 0 Å². The molecule has 0 heterocycles. The summed E-state index contributed by atoms with van der Waals surface area (Å²) in [5.74, 6) is 0. The van der Waals surface area contributed by atoms with E-state index in [1.807, 2.05) is 12.1 Å². The van der Waals surface area contributed by atoms with Crippen LogP contribution in [0.1, 0.15) is 32.8 Å². The van der Waals surface area contributed by atoms with Crippen molar-refractivity contribution in [1.82, 2.24) is 0 Å². The van der Waals surface area contributed by atoms with E-state index >= 15 is 0 Å². The fourth-order valence-electron chi connectivity index (χ4n) is 1.85. The largest absolute Gasteiger partial charge is 0.368 e. The second kappa shape index (κ2) is 6.12. The van der Waals surface area contributed by atoms with Crippen LogP contribution in [0.25, 0.3) is 0 Å². The Hall–Kier alpha value is -0.730. The first-order chi connectivity index (χ1) is 7.63. The van der Waals surface area contributed by atoms with E-state index in [1.54, 1.807) is 0 Å². The summed E-state index contributed by atoms with van der Waals surface area (Å²) in [6.07, 6.45) is 1.11. The second-order valence-corrected chi connectivity index (χ2v) is 4.44. The molecular formula is C13H21ClN2. The third-order valence-corrected chi connectivity index (χ3v) is 3.32. The van der Waals surface area contributed by atoms with Crippen molar-refractivity contribution in [3.63, 3.8) is 0 Å². The third-order valence-electron chi connectivity index (χ3n) is 3.02. The van der Waals surface area contributed by atoms with Gasteiger partial charge in [-0.15, -0.1) is 0 Å². The second-order valence-electron chi connectivity index (χ2n) is 4.03. The average molecular weight is 241 g/mol. The summed E-state index contributed by atoms with van der Waals surface area (Å²) < 4.78 is 0. The van der Waals surface area contributed by atoms with Crippen molar-refractivity contribution in [1.29, 1.82) is 0 Å². The van der Waals surface area contributed by atoms with Gasteiger partial charge < -0.3 is 10.6 Å². The van der Waals surface area contributed by atoms with E-state index in [0.29, 0.717) is 12.6 Å². The maximum atomic E-state index is 6.29. The van der Waals surface area contributed by atoms with Gasteiger partial charge in [-0.25, -0.2) is 0 Å². The fraction of sp³-hybridized carbons (Fsp3) is 0.538. The highest BCUT2D eigenvalue weighted by molar-refractivity contribution is 6.33. The van der Waals surface area contributed by atoms with Gasteiger partial charge in [-0.1, -0.05) is 24.6 Å². The molecule has 1 aromatic carbocycles. The number of nitrogens with two attached hydrogens (primary N) is 1. The molecule has 1 rings (SSSR count). The van der Waals surface area contributed by atoms with Crippen molar-refractivity contribution in [2.75, 3.05) is 11.4 Å². The lowest BCUT2D eigenvalue weighted by molar-refractivity contribution is 0.630. The van der Waals surface area contributed by atoms with Crippen LogP contribution in [-0.2, 0) is 6.54 Å². The van der Waals surface area contributed by atoms with Crippen LogP contribution < -0.4 is 10.6 Å². The van der Waals surface area contributed by atoms with Crippen molar-refractivity contribution in [3.05, 3.63) is 28.8 Å². The molecule has 0 aliphatic heterocycles. The molecule has 0 bridgehead atoms. The van der Waals surface area contributed by atoms with E-state index in [4.69, 9.17) is 17.3 Å². The summed E-state index contributed by atoms with van der Waals surface area (Å²) in [5, 5.41) is 0.796. The molecule has 0 aliphatic carbocycles. The molecule has 2 nitrogen and oxygen atoms in total. The number of nitrogens with zero attached hydrogens (tertiary/aromatic N) is 1. The minimum atomic E-state index is 0.506. The fourth-order valence-corrected chi connectivity index (χ4v) is 2.16. The Bertz CT molecular complexity index is 339. The zero-order valence-electron chi connectivity index (χ0n) is 10.3. The van der Waals surface area contributed by atoms with Gasteiger partial charge in [0.25, 0.3) is 0 Å². The Kier molecular flexibility index (Phi) is 5.10. The first kappa shape index (κ1) is 13.3. The normalized spacial score (nSPS) is 12.6. The predicted octanol–water partition coefficient (Wildman–Crippen LogP) is 3.42. The van der Waals surface area contributed by atoms with E-state index in [0.717, 1.165) is 29.2 Å². The van der Waals surface area contributed by atoms with Gasteiger partial charge in [-0.05, 0) is 38.0 Å². The van der Waals surface area contributed by atoms with Crippen molar-refractivity contribution >= 4 is 17.3 Å². The zero-order chi connectivity index (χ0) is 12.1. The van der Waals surface area contributed by atoms with Gasteiger partial charge in [0, 0.05) is 19.1 Å². The molecule has 0 amide bonds. The summed E-state index contributed by atoms with van der Waals surface area (Å²) >= 11 is 6.29. The minimum Gasteiger partial charge on any atom is -0.368 e. The molecule has 1 aromatic rings. The van der Waals surface area contributed by atoms with Crippen molar-refractivity contribution in [2.45, 2.75) is 39.8 Å². The maximum Gasteiger partial charge on any atom is 0.0642 e. The van der Waals surface area contributed by atoms with Crippen molar-refractivity contribution in [3.8, 4) is 0 Å². The minimum absolute atomic E-state index is 0.506. The Labute approximate surface area is 103 Å². The third kappa shape index (κ3) is 2.89. The van der Waals surface area contributed by atoms with Gasteiger partial charge in [0.2, 0.25) is 0 Å². The Balaban J connectivity index is 3.01. The molecule has 0 spiro atoms. The molecule has 90 valence electrons. The van der Waals surface area contributed by atoms with Crippen LogP contribution in [0.3, 0.4) is 0 Å². The molecular weight excluding hydrogens is 220 g/mol. The molecule has 0 aromatic heterocycles. The average Bonchev–Trinajstić information content (AvgIpc) is 2.31. The molecule has 3 heteroatoms. The van der Waals surface area contributed by atoms with E-state index in [1.165, 1.54) is 0 Å². The van der Waals surface area contributed by atoms with E-state index in [9.17, 15) is 0 Å². The van der Waals surface area contributed by atoms with E-state index in [2.05, 4.69) is 31.7 Å². The van der Waals surface area contributed by atoms with E-state index in [-0.39, 0.29) is 0 Å². The summed E-state index contributed by atoms with van der Waals surface area (Å²) in [6, 6.07) is 6.58. The summed E-state index contributed by atoms with van der Waals surface area (Å²) in [6.45, 7) is 8.07. The maximum absolute atomic E-state index is 6.29. The quantitative estimate of drug-likeness (QED) is 0.855. The van der Waals surface area contributed by atoms with Gasteiger partial charge >= 0.3 is 0 Å². The lowest BCUT2D eigenvalue weighted by atomic mass is 10.1. The Morgan fingerprint density at radius 3 is 2.50 bits per heavy atom. The smallest absolute Gasteiger partial charge is 0.0642 e. The number of rotatable bonds is 5. The van der Waals surface area contributed by atoms with Gasteiger partial charge in [0.1, 0.15) is 0 Å². The standard InChI is InChI=1S/C13H21ClN2/c1-4-10(3)16(5-2)13-7-6-11(9-15)8-12(13)14/h6-8,10H,4-5,9,15H2,1-3H3. The van der Waals surface area contributed by atoms with Crippen molar-refractivity contribution < 1.29 is 0 Å². The van der Waals surface area contributed by atoms with Crippen LogP contribution in [0, 0.1) is 0 Å². The number of hydrogen-bond acceptors (Lipinski definition) is 2. The molecule has 16 heavy (non-hydrogen) atoms. The summed E-state index contributed by atoms with van der Waals surface area (Å²) in [4.78, 5) is 2.32. The van der Waals surface area contributed by atoms with Gasteiger partial charge in [-0.3, -0.25) is 0 Å². The molecule has 2 N–H and O–H groups in total. The Morgan fingerprint density at radius 1 is 1.38 bits per heavy atom. The highest BCUT2D eigenvalue weighted by atomic mass is 35.5. The Morgan fingerprint density at radius 2 is 2.06 bits per heavy atom. The number of hydrogen-bond donors (Lipinski definition) is 1. The van der Waals surface area contributed by atoms with Gasteiger partial charge in [-0.2, -0.15) is 0 Å². The first-order valence-corrected chi connectivity index (χ1v) is 6.26. The molecule has 0 radical (unpaired) electrons. The first-order valence-electron chi connectivity index (χ1n) is 5.89. The number of halogens is 1. The van der Waals surface area contributed by atoms with Crippen LogP contribution in [0.15, 0.2) is 18.2 Å². The molecule has 0 fully saturated rings. The topological polar surface area (TPSA) is 29.3 Å². The predicted molar refractivity (Wildman–Crippen MR) is 72.1 cm³/mol. The summed E-state index contributed by atoms with van der Waals surface area (Å²) in [7, 11) is 0. The van der Waals surface area contributed by atoms with Gasteiger partial charge in [0.05, 0.1) is 10.7 Å².